The van der Waals surface area contributed by atoms with Crippen molar-refractivity contribution in [2.24, 2.45) is 0 Å². The molecule has 0 spiro atoms. The summed E-state index contributed by atoms with van der Waals surface area (Å²) in [4.78, 5) is 3.86. The summed E-state index contributed by atoms with van der Waals surface area (Å²) in [5.41, 5.74) is 0.865. The van der Waals surface area contributed by atoms with Gasteiger partial charge in [0.25, 0.3) is 0 Å². The minimum absolute atomic E-state index is 0.364. The second kappa shape index (κ2) is 3.70. The highest BCUT2D eigenvalue weighted by molar-refractivity contribution is 9.10. The molecule has 0 bridgehead atoms. The first-order valence-electron chi connectivity index (χ1n) is 2.91. The molecule has 0 aliphatic heterocycles. The number of pyridine rings is 1. The van der Waals surface area contributed by atoms with Crippen molar-refractivity contribution in [2.75, 3.05) is 0 Å². The lowest BCUT2D eigenvalue weighted by atomic mass is 10.2. The normalized spacial score (nSPS) is 9.18. The number of halogens is 2. The monoisotopic (exact) mass is 230 g/mol. The van der Waals surface area contributed by atoms with Gasteiger partial charge in [0.15, 0.2) is 0 Å². The lowest BCUT2D eigenvalue weighted by Crippen LogP contribution is -1.84. The van der Waals surface area contributed by atoms with Crippen molar-refractivity contribution in [3.63, 3.8) is 0 Å². The second-order valence-corrected chi connectivity index (χ2v) is 3.16. The number of nitriles is 1. The first-order chi connectivity index (χ1) is 5.24. The fourth-order valence-corrected chi connectivity index (χ4v) is 1.15. The Morgan fingerprint density at radius 3 is 3.00 bits per heavy atom. The molecule has 56 valence electrons. The Hall–Kier alpha value is -0.590. The van der Waals surface area contributed by atoms with Crippen molar-refractivity contribution in [3.05, 3.63) is 27.5 Å². The average molecular weight is 231 g/mol. The van der Waals surface area contributed by atoms with Crippen LogP contribution in [0, 0.1) is 11.3 Å². The molecule has 2 nitrogen and oxygen atoms in total. The number of hydrogen-bond acceptors (Lipinski definition) is 2. The molecule has 0 unspecified atom stereocenters. The minimum Gasteiger partial charge on any atom is -0.243 e. The van der Waals surface area contributed by atoms with Crippen molar-refractivity contribution in [1.82, 2.24) is 4.98 Å². The van der Waals surface area contributed by atoms with Crippen LogP contribution in [0.15, 0.2) is 16.7 Å². The van der Waals surface area contributed by atoms with E-state index in [-0.39, 0.29) is 0 Å². The largest absolute Gasteiger partial charge is 0.243 e. The van der Waals surface area contributed by atoms with Crippen LogP contribution in [0.3, 0.4) is 0 Å². The van der Waals surface area contributed by atoms with Crippen LogP contribution in [-0.2, 0) is 6.42 Å². The van der Waals surface area contributed by atoms with Gasteiger partial charge >= 0.3 is 0 Å². The van der Waals surface area contributed by atoms with Gasteiger partial charge in [-0.25, -0.2) is 4.98 Å². The molecule has 1 aromatic heterocycles. The molecule has 0 amide bonds. The van der Waals surface area contributed by atoms with Gasteiger partial charge in [-0.2, -0.15) is 5.26 Å². The summed E-state index contributed by atoms with van der Waals surface area (Å²) in [5.74, 6) is 0. The van der Waals surface area contributed by atoms with E-state index in [1.54, 1.807) is 12.3 Å². The molecule has 0 atom stereocenters. The third kappa shape index (κ3) is 2.18. The highest BCUT2D eigenvalue weighted by Gasteiger charge is 1.98. The smallest absolute Gasteiger partial charge is 0.143 e. The van der Waals surface area contributed by atoms with Gasteiger partial charge in [-0.3, -0.25) is 0 Å². The van der Waals surface area contributed by atoms with Gasteiger partial charge in [-0.05, 0) is 27.6 Å². The second-order valence-electron chi connectivity index (χ2n) is 1.95. The summed E-state index contributed by atoms with van der Waals surface area (Å²) >= 11 is 8.85. The third-order valence-electron chi connectivity index (χ3n) is 1.14. The fourth-order valence-electron chi connectivity index (χ4n) is 0.649. The van der Waals surface area contributed by atoms with Crippen molar-refractivity contribution in [1.29, 1.82) is 5.26 Å². The molecule has 0 aromatic carbocycles. The summed E-state index contributed by atoms with van der Waals surface area (Å²) < 4.78 is 0.729. The molecule has 1 heterocycles. The summed E-state index contributed by atoms with van der Waals surface area (Å²) in [6.45, 7) is 0. The lowest BCUT2D eigenvalue weighted by molar-refractivity contribution is 1.18. The van der Waals surface area contributed by atoms with E-state index in [2.05, 4.69) is 20.9 Å². The van der Waals surface area contributed by atoms with Crippen LogP contribution in [-0.4, -0.2) is 4.98 Å². The molecule has 0 fully saturated rings. The van der Waals surface area contributed by atoms with Crippen LogP contribution in [0.2, 0.25) is 5.15 Å². The van der Waals surface area contributed by atoms with Gasteiger partial charge in [0, 0.05) is 6.20 Å². The van der Waals surface area contributed by atoms with Crippen LogP contribution in [0.5, 0.6) is 0 Å². The Labute approximate surface area is 77.9 Å². The first-order valence-corrected chi connectivity index (χ1v) is 4.08. The molecule has 0 saturated heterocycles. The van der Waals surface area contributed by atoms with E-state index in [9.17, 15) is 0 Å². The van der Waals surface area contributed by atoms with Crippen LogP contribution in [0.25, 0.3) is 0 Å². The van der Waals surface area contributed by atoms with Gasteiger partial charge in [0.1, 0.15) is 5.15 Å². The molecule has 1 rings (SSSR count). The van der Waals surface area contributed by atoms with Crippen LogP contribution in [0.4, 0.5) is 0 Å². The molecule has 0 radical (unpaired) electrons. The molecule has 0 saturated carbocycles. The van der Waals surface area contributed by atoms with E-state index in [0.29, 0.717) is 11.6 Å². The molecular formula is C7H4BrClN2. The van der Waals surface area contributed by atoms with Crippen molar-refractivity contribution >= 4 is 27.5 Å². The maximum absolute atomic E-state index is 8.35. The molecule has 0 aliphatic carbocycles. The van der Waals surface area contributed by atoms with Gasteiger partial charge in [-0.1, -0.05) is 11.6 Å². The summed E-state index contributed by atoms with van der Waals surface area (Å²) in [7, 11) is 0. The van der Waals surface area contributed by atoms with Gasteiger partial charge in [-0.15, -0.1) is 0 Å². The standard InChI is InChI=1S/C7H4BrClN2/c8-6-3-5(1-2-10)4-11-7(6)9/h3-4H,1H2. The number of nitrogens with zero attached hydrogens (tertiary/aromatic N) is 2. The maximum Gasteiger partial charge on any atom is 0.143 e. The quantitative estimate of drug-likeness (QED) is 0.697. The zero-order valence-corrected chi connectivity index (χ0v) is 7.85. The molecule has 11 heavy (non-hydrogen) atoms. The van der Waals surface area contributed by atoms with E-state index in [0.717, 1.165) is 10.0 Å². The number of aromatic nitrogens is 1. The Balaban J connectivity index is 2.98. The Morgan fingerprint density at radius 1 is 1.73 bits per heavy atom. The predicted octanol–water partition coefficient (Wildman–Crippen LogP) is 2.56. The summed E-state index contributed by atoms with van der Waals surface area (Å²) in [5, 5.41) is 8.78. The Morgan fingerprint density at radius 2 is 2.45 bits per heavy atom. The Kier molecular flexibility index (Phi) is 2.86. The van der Waals surface area contributed by atoms with E-state index >= 15 is 0 Å². The summed E-state index contributed by atoms with van der Waals surface area (Å²) in [6, 6.07) is 3.82. The van der Waals surface area contributed by atoms with Crippen LogP contribution < -0.4 is 0 Å². The highest BCUT2D eigenvalue weighted by Crippen LogP contribution is 2.20. The van der Waals surface area contributed by atoms with Crippen molar-refractivity contribution in [3.8, 4) is 6.07 Å². The van der Waals surface area contributed by atoms with Crippen molar-refractivity contribution < 1.29 is 0 Å². The summed E-state index contributed by atoms with van der Waals surface area (Å²) in [6.07, 6.45) is 1.96. The minimum atomic E-state index is 0.364. The highest BCUT2D eigenvalue weighted by atomic mass is 79.9. The third-order valence-corrected chi connectivity index (χ3v) is 2.27. The van der Waals surface area contributed by atoms with Crippen molar-refractivity contribution in [2.45, 2.75) is 6.42 Å². The average Bonchev–Trinajstić information content (AvgIpc) is 1.98. The number of hydrogen-bond donors (Lipinski definition) is 0. The van der Waals surface area contributed by atoms with Gasteiger partial charge in [0.05, 0.1) is 17.0 Å². The van der Waals surface area contributed by atoms with Gasteiger partial charge in [0.2, 0.25) is 0 Å². The predicted molar refractivity (Wildman–Crippen MR) is 46.3 cm³/mol. The molecule has 0 aliphatic rings. The van der Waals surface area contributed by atoms with E-state index in [4.69, 9.17) is 16.9 Å². The molecule has 4 heteroatoms. The molecular weight excluding hydrogens is 227 g/mol. The van der Waals surface area contributed by atoms with E-state index < -0.39 is 0 Å². The fraction of sp³-hybridized carbons (Fsp3) is 0.143. The Bertz CT molecular complexity index is 306. The topological polar surface area (TPSA) is 36.7 Å². The SMILES string of the molecule is N#CCc1cnc(Cl)c(Br)c1. The maximum atomic E-state index is 8.35. The molecule has 1 aromatic rings. The van der Waals surface area contributed by atoms with Gasteiger partial charge < -0.3 is 0 Å². The zero-order valence-electron chi connectivity index (χ0n) is 5.51. The molecule has 0 N–H and O–H groups in total. The van der Waals surface area contributed by atoms with E-state index in [1.807, 2.05) is 6.07 Å². The zero-order chi connectivity index (χ0) is 8.27. The van der Waals surface area contributed by atoms with Crippen LogP contribution >= 0.6 is 27.5 Å². The van der Waals surface area contributed by atoms with Crippen LogP contribution in [0.1, 0.15) is 5.56 Å². The number of rotatable bonds is 1. The first kappa shape index (κ1) is 8.51. The lowest BCUT2D eigenvalue weighted by Gasteiger charge is -1.96. The van der Waals surface area contributed by atoms with E-state index in [1.165, 1.54) is 0 Å².